The van der Waals surface area contributed by atoms with Gasteiger partial charge in [0.25, 0.3) is 0 Å². The van der Waals surface area contributed by atoms with Gasteiger partial charge in [0.2, 0.25) is 11.5 Å². The number of anilines is 3. The molecule has 1 fully saturated rings. The standard InChI is InChI=1S/C31H30N4O3S2/c1-3-29(36)33-23-9-7-19(15-25(23)32-2)20-8-10-26-28(16-20)39-27-6-4-5-22(31(27)40-26)24-17-21(18-30(37)34-24)35-11-13-38-14-12-35/h4-10,15-18,32H,3,11-14H2,1-2H3,(H,33,36)(H,34,37). The van der Waals surface area contributed by atoms with Crippen LogP contribution in [0.4, 0.5) is 17.1 Å². The number of nitrogens with one attached hydrogen (secondary N) is 3. The number of benzene rings is 3. The lowest BCUT2D eigenvalue weighted by atomic mass is 10.0. The number of pyridine rings is 1. The molecule has 0 bridgehead atoms. The van der Waals surface area contributed by atoms with Gasteiger partial charge in [-0.05, 0) is 47.5 Å². The summed E-state index contributed by atoms with van der Waals surface area (Å²) < 4.78 is 5.49. The number of hydrogen-bond acceptors (Lipinski definition) is 7. The van der Waals surface area contributed by atoms with Crippen LogP contribution in [-0.2, 0) is 9.53 Å². The van der Waals surface area contributed by atoms with Crippen molar-refractivity contribution in [1.82, 2.24) is 4.98 Å². The minimum atomic E-state index is -0.101. The maximum atomic E-state index is 12.6. The highest BCUT2D eigenvalue weighted by Crippen LogP contribution is 2.52. The summed E-state index contributed by atoms with van der Waals surface area (Å²) in [6.07, 6.45) is 0.434. The van der Waals surface area contributed by atoms with Crippen molar-refractivity contribution in [1.29, 1.82) is 0 Å². The van der Waals surface area contributed by atoms with E-state index in [9.17, 15) is 9.59 Å². The first-order valence-corrected chi connectivity index (χ1v) is 15.0. The number of amides is 1. The third kappa shape index (κ3) is 5.37. The Morgan fingerprint density at radius 2 is 1.73 bits per heavy atom. The highest BCUT2D eigenvalue weighted by Gasteiger charge is 2.22. The van der Waals surface area contributed by atoms with Crippen molar-refractivity contribution < 1.29 is 9.53 Å². The molecule has 40 heavy (non-hydrogen) atoms. The summed E-state index contributed by atoms with van der Waals surface area (Å²) in [6.45, 7) is 4.74. The van der Waals surface area contributed by atoms with Gasteiger partial charge in [-0.3, -0.25) is 9.59 Å². The molecule has 1 amide bonds. The molecule has 3 aromatic carbocycles. The van der Waals surface area contributed by atoms with E-state index < -0.39 is 0 Å². The molecule has 0 radical (unpaired) electrons. The van der Waals surface area contributed by atoms with Crippen LogP contribution < -0.4 is 21.1 Å². The number of fused-ring (bicyclic) bond motifs is 2. The van der Waals surface area contributed by atoms with Gasteiger partial charge in [0.05, 0.1) is 30.3 Å². The van der Waals surface area contributed by atoms with E-state index in [4.69, 9.17) is 4.74 Å². The van der Waals surface area contributed by atoms with E-state index in [1.54, 1.807) is 29.6 Å². The number of aromatic nitrogens is 1. The van der Waals surface area contributed by atoms with Crippen LogP contribution in [0.2, 0.25) is 0 Å². The molecule has 2 aliphatic heterocycles. The summed E-state index contributed by atoms with van der Waals surface area (Å²) in [5, 5.41) is 6.16. The van der Waals surface area contributed by atoms with Gasteiger partial charge in [-0.25, -0.2) is 0 Å². The zero-order valence-corrected chi connectivity index (χ0v) is 24.0. The lowest BCUT2D eigenvalue weighted by Crippen LogP contribution is -2.36. The van der Waals surface area contributed by atoms with Crippen LogP contribution in [0.5, 0.6) is 0 Å². The predicted molar refractivity (Wildman–Crippen MR) is 164 cm³/mol. The molecular formula is C31H30N4O3S2. The molecule has 2 aliphatic rings. The monoisotopic (exact) mass is 570 g/mol. The number of H-pyrrole nitrogens is 1. The summed E-state index contributed by atoms with van der Waals surface area (Å²) in [4.78, 5) is 34.5. The second kappa shape index (κ2) is 11.4. The van der Waals surface area contributed by atoms with Gasteiger partial charge in [-0.1, -0.05) is 54.7 Å². The third-order valence-corrected chi connectivity index (χ3v) is 9.66. The van der Waals surface area contributed by atoms with E-state index in [0.717, 1.165) is 57.4 Å². The quantitative estimate of drug-likeness (QED) is 0.213. The maximum absolute atomic E-state index is 12.6. The van der Waals surface area contributed by atoms with Gasteiger partial charge >= 0.3 is 0 Å². The van der Waals surface area contributed by atoms with Crippen LogP contribution in [0.3, 0.4) is 0 Å². The Bertz CT molecular complexity index is 1650. The lowest BCUT2D eigenvalue weighted by molar-refractivity contribution is -0.115. The van der Waals surface area contributed by atoms with Crippen molar-refractivity contribution in [2.75, 3.05) is 48.9 Å². The molecule has 9 heteroatoms. The second-order valence-electron chi connectivity index (χ2n) is 9.63. The summed E-state index contributed by atoms with van der Waals surface area (Å²) in [6, 6.07) is 22.6. The molecule has 3 N–H and O–H groups in total. The maximum Gasteiger partial charge on any atom is 0.250 e. The van der Waals surface area contributed by atoms with Crippen LogP contribution in [0, 0.1) is 0 Å². The highest BCUT2D eigenvalue weighted by molar-refractivity contribution is 8.05. The minimum absolute atomic E-state index is 0.0126. The van der Waals surface area contributed by atoms with E-state index in [0.29, 0.717) is 19.6 Å². The fraction of sp³-hybridized carbons (Fsp3) is 0.226. The number of carbonyl (C=O) groups is 1. The molecule has 0 atom stereocenters. The first-order chi connectivity index (χ1) is 19.5. The molecule has 4 aromatic rings. The molecule has 1 aromatic heterocycles. The molecule has 0 spiro atoms. The van der Waals surface area contributed by atoms with Crippen LogP contribution >= 0.6 is 23.5 Å². The molecule has 204 valence electrons. The Morgan fingerprint density at radius 3 is 2.52 bits per heavy atom. The van der Waals surface area contributed by atoms with E-state index in [-0.39, 0.29) is 11.5 Å². The molecule has 0 aliphatic carbocycles. The lowest BCUT2D eigenvalue weighted by Gasteiger charge is -2.29. The van der Waals surface area contributed by atoms with Crippen molar-refractivity contribution in [2.45, 2.75) is 32.9 Å². The Morgan fingerprint density at radius 1 is 0.925 bits per heavy atom. The van der Waals surface area contributed by atoms with Gasteiger partial charge in [0, 0.05) is 63.5 Å². The Hall–Kier alpha value is -3.66. The number of hydrogen-bond donors (Lipinski definition) is 3. The van der Waals surface area contributed by atoms with Crippen LogP contribution in [0.1, 0.15) is 13.3 Å². The van der Waals surface area contributed by atoms with Crippen molar-refractivity contribution in [3.63, 3.8) is 0 Å². The SMILES string of the molecule is CCC(=O)Nc1ccc(-c2ccc3c(c2)Sc2cccc(-c4cc(N5CCOCC5)cc(=O)[nH]4)c2S3)cc1NC. The Kier molecular flexibility index (Phi) is 7.60. The van der Waals surface area contributed by atoms with Crippen LogP contribution in [-0.4, -0.2) is 44.2 Å². The van der Waals surface area contributed by atoms with Gasteiger partial charge in [0.15, 0.2) is 0 Å². The summed E-state index contributed by atoms with van der Waals surface area (Å²) in [5.74, 6) is -0.0126. The third-order valence-electron chi connectivity index (χ3n) is 7.07. The number of rotatable bonds is 6. The molecule has 0 unspecified atom stereocenters. The largest absolute Gasteiger partial charge is 0.386 e. The summed E-state index contributed by atoms with van der Waals surface area (Å²) in [7, 11) is 1.86. The van der Waals surface area contributed by atoms with Crippen LogP contribution in [0.25, 0.3) is 22.4 Å². The minimum Gasteiger partial charge on any atom is -0.386 e. The average Bonchev–Trinajstić information content (AvgIpc) is 2.99. The van der Waals surface area contributed by atoms with E-state index in [1.165, 1.54) is 14.7 Å². The van der Waals surface area contributed by atoms with Crippen molar-refractivity contribution >= 4 is 46.5 Å². The van der Waals surface area contributed by atoms with Gasteiger partial charge in [-0.2, -0.15) is 0 Å². The number of carbonyl (C=O) groups excluding carboxylic acids is 1. The first-order valence-electron chi connectivity index (χ1n) is 13.3. The second-order valence-corrected chi connectivity index (χ2v) is 11.8. The normalized spacial score (nSPS) is 14.3. The zero-order valence-electron chi connectivity index (χ0n) is 22.4. The molecule has 1 saturated heterocycles. The Labute approximate surface area is 241 Å². The number of morpholine rings is 1. The number of nitrogens with zero attached hydrogens (tertiary/aromatic N) is 1. The van der Waals surface area contributed by atoms with E-state index in [1.807, 2.05) is 26.1 Å². The van der Waals surface area contributed by atoms with Gasteiger partial charge in [-0.15, -0.1) is 0 Å². The zero-order chi connectivity index (χ0) is 27.6. The van der Waals surface area contributed by atoms with Crippen LogP contribution in [0.15, 0.2) is 91.1 Å². The number of aromatic amines is 1. The molecule has 0 saturated carbocycles. The molecule has 3 heterocycles. The number of ether oxygens (including phenoxy) is 1. The predicted octanol–water partition coefficient (Wildman–Crippen LogP) is 6.55. The van der Waals surface area contributed by atoms with Crippen molar-refractivity contribution in [3.8, 4) is 22.4 Å². The van der Waals surface area contributed by atoms with Crippen molar-refractivity contribution in [2.24, 2.45) is 0 Å². The fourth-order valence-corrected chi connectivity index (χ4v) is 7.36. The van der Waals surface area contributed by atoms with Crippen molar-refractivity contribution in [3.05, 3.63) is 77.1 Å². The average molecular weight is 571 g/mol. The summed E-state index contributed by atoms with van der Waals surface area (Å²) in [5.41, 5.74) is 6.52. The molecule has 6 rings (SSSR count). The van der Waals surface area contributed by atoms with E-state index in [2.05, 4.69) is 69.0 Å². The molecular weight excluding hydrogens is 541 g/mol. The fourth-order valence-electron chi connectivity index (χ4n) is 4.95. The first kappa shape index (κ1) is 26.6. The topological polar surface area (TPSA) is 86.5 Å². The van der Waals surface area contributed by atoms with Gasteiger partial charge < -0.3 is 25.3 Å². The molecule has 7 nitrogen and oxygen atoms in total. The highest BCUT2D eigenvalue weighted by atomic mass is 32.2. The van der Waals surface area contributed by atoms with Gasteiger partial charge in [0.1, 0.15) is 0 Å². The smallest absolute Gasteiger partial charge is 0.250 e. The summed E-state index contributed by atoms with van der Waals surface area (Å²) >= 11 is 3.49. The van der Waals surface area contributed by atoms with E-state index >= 15 is 0 Å². The Balaban J connectivity index is 1.30.